The summed E-state index contributed by atoms with van der Waals surface area (Å²) >= 11 is 5.67. The van der Waals surface area contributed by atoms with Gasteiger partial charge in [-0.05, 0) is 26.8 Å². The van der Waals surface area contributed by atoms with E-state index in [0.29, 0.717) is 0 Å². The molecule has 1 rings (SSSR count). The van der Waals surface area contributed by atoms with Gasteiger partial charge in [0.15, 0.2) is 0 Å². The van der Waals surface area contributed by atoms with E-state index < -0.39 is 35.9 Å². The van der Waals surface area contributed by atoms with Gasteiger partial charge in [0, 0.05) is 5.56 Å². The minimum absolute atomic E-state index is 0.00393. The number of carbonyl (C=O) groups excluding carboxylic acids is 1. The lowest BCUT2D eigenvalue weighted by atomic mass is 10.0. The number of carboxylic acids is 1. The lowest BCUT2D eigenvalue weighted by molar-refractivity contribution is -0.137. The topological polar surface area (TPSA) is 75.6 Å². The Hall–Kier alpha value is -1.82. The highest BCUT2D eigenvalue weighted by molar-refractivity contribution is 6.30. The van der Waals surface area contributed by atoms with Gasteiger partial charge in [-0.3, -0.25) is 4.79 Å². The third kappa shape index (κ3) is 5.59. The monoisotopic (exact) mass is 317 g/mol. The number of aliphatic carboxylic acids is 1. The number of alkyl carbamates (subject to hydrolysis) is 1. The molecule has 5 nitrogen and oxygen atoms in total. The molecular weight excluding hydrogens is 301 g/mol. The van der Waals surface area contributed by atoms with Crippen molar-refractivity contribution >= 4 is 23.7 Å². The normalized spacial score (nSPS) is 12.6. The van der Waals surface area contributed by atoms with E-state index in [2.05, 4.69) is 5.32 Å². The Morgan fingerprint density at radius 3 is 2.57 bits per heavy atom. The summed E-state index contributed by atoms with van der Waals surface area (Å²) in [6.07, 6.45) is -1.32. The van der Waals surface area contributed by atoms with E-state index in [4.69, 9.17) is 21.4 Å². The third-order valence-electron chi connectivity index (χ3n) is 2.43. The van der Waals surface area contributed by atoms with Crippen LogP contribution in [-0.2, 0) is 9.53 Å². The van der Waals surface area contributed by atoms with Gasteiger partial charge in [0.05, 0.1) is 17.5 Å². The number of carbonyl (C=O) groups is 2. The number of ether oxygens (including phenoxy) is 1. The summed E-state index contributed by atoms with van der Waals surface area (Å²) < 4.78 is 19.0. The molecule has 1 aromatic rings. The smallest absolute Gasteiger partial charge is 0.408 e. The average molecular weight is 318 g/mol. The number of benzene rings is 1. The Balaban J connectivity index is 2.98. The molecule has 0 saturated heterocycles. The molecule has 2 N–H and O–H groups in total. The molecule has 0 unspecified atom stereocenters. The molecule has 0 aliphatic heterocycles. The molecule has 0 spiro atoms. The van der Waals surface area contributed by atoms with Gasteiger partial charge in [0.2, 0.25) is 0 Å². The lowest BCUT2D eigenvalue weighted by Gasteiger charge is -2.23. The molecule has 21 heavy (non-hydrogen) atoms. The number of hydrogen-bond donors (Lipinski definition) is 2. The summed E-state index contributed by atoms with van der Waals surface area (Å²) in [4.78, 5) is 22.6. The second-order valence-corrected chi connectivity index (χ2v) is 5.85. The first-order valence-corrected chi connectivity index (χ1v) is 6.63. The molecule has 0 saturated carbocycles. The second-order valence-electron chi connectivity index (χ2n) is 5.44. The van der Waals surface area contributed by atoms with Crippen LogP contribution in [0.1, 0.15) is 38.8 Å². The molecule has 0 heterocycles. The SMILES string of the molecule is CC(C)(C)OC(=O)N[C@H](CC(=O)O)c1cccc(Cl)c1F. The van der Waals surface area contributed by atoms with Gasteiger partial charge in [-0.2, -0.15) is 0 Å². The van der Waals surface area contributed by atoms with Crippen LogP contribution in [0.2, 0.25) is 5.02 Å². The molecule has 0 aliphatic carbocycles. The maximum atomic E-state index is 14.0. The summed E-state index contributed by atoms with van der Waals surface area (Å²) in [6, 6.07) is 3.11. The molecule has 0 fully saturated rings. The summed E-state index contributed by atoms with van der Waals surface area (Å²) in [6.45, 7) is 5.00. The van der Waals surface area contributed by atoms with Gasteiger partial charge in [0.25, 0.3) is 0 Å². The number of rotatable bonds is 4. The zero-order chi connectivity index (χ0) is 16.2. The minimum Gasteiger partial charge on any atom is -0.481 e. The molecule has 116 valence electrons. The van der Waals surface area contributed by atoms with E-state index in [1.54, 1.807) is 20.8 Å². The Kier molecular flexibility index (Phi) is 5.54. The maximum Gasteiger partial charge on any atom is 0.408 e. The predicted octanol–water partition coefficient (Wildman–Crippen LogP) is 3.52. The van der Waals surface area contributed by atoms with Crippen LogP contribution < -0.4 is 5.32 Å². The largest absolute Gasteiger partial charge is 0.481 e. The third-order valence-corrected chi connectivity index (χ3v) is 2.72. The summed E-state index contributed by atoms with van der Waals surface area (Å²) in [5.74, 6) is -1.95. The highest BCUT2D eigenvalue weighted by Crippen LogP contribution is 2.26. The molecule has 1 aromatic carbocycles. The molecule has 0 aliphatic rings. The molecule has 1 amide bonds. The van der Waals surface area contributed by atoms with Crippen molar-refractivity contribution in [3.8, 4) is 0 Å². The number of carboxylic acid groups (broad SMARTS) is 1. The first-order chi connectivity index (χ1) is 9.60. The van der Waals surface area contributed by atoms with Crippen LogP contribution in [0, 0.1) is 5.82 Å². The van der Waals surface area contributed by atoms with E-state index in [1.807, 2.05) is 0 Å². The minimum atomic E-state index is -1.18. The Morgan fingerprint density at radius 2 is 2.05 bits per heavy atom. The van der Waals surface area contributed by atoms with E-state index in [9.17, 15) is 14.0 Å². The van der Waals surface area contributed by atoms with E-state index >= 15 is 0 Å². The van der Waals surface area contributed by atoms with Crippen LogP contribution in [0.4, 0.5) is 9.18 Å². The summed E-state index contributed by atoms with van der Waals surface area (Å²) in [5.41, 5.74) is -0.749. The highest BCUT2D eigenvalue weighted by Gasteiger charge is 2.25. The summed E-state index contributed by atoms with van der Waals surface area (Å²) in [5, 5.41) is 11.1. The van der Waals surface area contributed by atoms with Gasteiger partial charge in [-0.25, -0.2) is 9.18 Å². The quantitative estimate of drug-likeness (QED) is 0.891. The fourth-order valence-corrected chi connectivity index (χ4v) is 1.83. The van der Waals surface area contributed by atoms with Crippen LogP contribution in [0.5, 0.6) is 0 Å². The summed E-state index contributed by atoms with van der Waals surface area (Å²) in [7, 11) is 0. The van der Waals surface area contributed by atoms with E-state index in [-0.39, 0.29) is 10.6 Å². The Morgan fingerprint density at radius 1 is 1.43 bits per heavy atom. The van der Waals surface area contributed by atoms with E-state index in [1.165, 1.54) is 18.2 Å². The number of hydrogen-bond acceptors (Lipinski definition) is 3. The van der Waals surface area contributed by atoms with Gasteiger partial charge < -0.3 is 15.2 Å². The first-order valence-electron chi connectivity index (χ1n) is 6.25. The Bertz CT molecular complexity index is 542. The van der Waals surface area contributed by atoms with Crippen LogP contribution >= 0.6 is 11.6 Å². The van der Waals surface area contributed by atoms with Crippen molar-refractivity contribution in [1.29, 1.82) is 0 Å². The highest BCUT2D eigenvalue weighted by atomic mass is 35.5. The van der Waals surface area contributed by atoms with Crippen molar-refractivity contribution in [2.24, 2.45) is 0 Å². The first kappa shape index (κ1) is 17.2. The lowest BCUT2D eigenvalue weighted by Crippen LogP contribution is -2.36. The Labute approximate surface area is 127 Å². The molecule has 0 bridgehead atoms. The van der Waals surface area contributed by atoms with Gasteiger partial charge in [0.1, 0.15) is 11.4 Å². The van der Waals surface area contributed by atoms with Crippen molar-refractivity contribution in [3.63, 3.8) is 0 Å². The standard InChI is InChI=1S/C14H17ClFNO4/c1-14(2,3)21-13(20)17-10(7-11(18)19)8-5-4-6-9(15)12(8)16/h4-6,10H,7H2,1-3H3,(H,17,20)(H,18,19)/t10-/m1/s1. The van der Waals surface area contributed by atoms with Crippen molar-refractivity contribution in [1.82, 2.24) is 5.32 Å². The second kappa shape index (κ2) is 6.76. The van der Waals surface area contributed by atoms with Crippen molar-refractivity contribution in [3.05, 3.63) is 34.6 Å². The van der Waals surface area contributed by atoms with Crippen LogP contribution in [-0.4, -0.2) is 22.8 Å². The fourth-order valence-electron chi connectivity index (χ4n) is 1.65. The van der Waals surface area contributed by atoms with Gasteiger partial charge >= 0.3 is 12.1 Å². The van der Waals surface area contributed by atoms with Crippen LogP contribution in [0.25, 0.3) is 0 Å². The fraction of sp³-hybridized carbons (Fsp3) is 0.429. The molecular formula is C14H17ClFNO4. The molecule has 7 heteroatoms. The zero-order valence-corrected chi connectivity index (χ0v) is 12.7. The number of amides is 1. The van der Waals surface area contributed by atoms with Gasteiger partial charge in [-0.1, -0.05) is 23.7 Å². The van der Waals surface area contributed by atoms with Gasteiger partial charge in [-0.15, -0.1) is 0 Å². The van der Waals surface area contributed by atoms with Crippen LogP contribution in [0.15, 0.2) is 18.2 Å². The molecule has 0 aromatic heterocycles. The molecule has 1 atom stereocenters. The van der Waals surface area contributed by atoms with Crippen LogP contribution in [0.3, 0.4) is 0 Å². The van der Waals surface area contributed by atoms with E-state index in [0.717, 1.165) is 0 Å². The predicted molar refractivity (Wildman–Crippen MR) is 75.8 cm³/mol. The van der Waals surface area contributed by atoms with Crippen molar-refractivity contribution in [2.75, 3.05) is 0 Å². The zero-order valence-electron chi connectivity index (χ0n) is 11.9. The van der Waals surface area contributed by atoms with Crippen molar-refractivity contribution in [2.45, 2.75) is 38.8 Å². The number of nitrogens with one attached hydrogen (secondary N) is 1. The average Bonchev–Trinajstić information content (AvgIpc) is 2.28. The number of halogens is 2. The van der Waals surface area contributed by atoms with Crippen molar-refractivity contribution < 1.29 is 23.8 Å². The maximum absolute atomic E-state index is 14.0. The molecule has 0 radical (unpaired) electrons.